The van der Waals surface area contributed by atoms with E-state index in [1.807, 2.05) is 48.5 Å². The van der Waals surface area contributed by atoms with E-state index in [0.29, 0.717) is 10.7 Å². The van der Waals surface area contributed by atoms with Gasteiger partial charge in [0.2, 0.25) is 0 Å². The molecule has 0 atom stereocenters. The normalized spacial score (nSPS) is 10.6. The Hall–Kier alpha value is -2.26. The maximum Gasteiger partial charge on any atom is 0.0951 e. The summed E-state index contributed by atoms with van der Waals surface area (Å²) in [5.41, 5.74) is 9.19. The summed E-state index contributed by atoms with van der Waals surface area (Å²) in [6.07, 6.45) is 1.73. The van der Waals surface area contributed by atoms with Crippen molar-refractivity contribution < 1.29 is 0 Å². The van der Waals surface area contributed by atoms with Gasteiger partial charge in [-0.3, -0.25) is 4.98 Å². The van der Waals surface area contributed by atoms with E-state index in [-0.39, 0.29) is 0 Å². The van der Waals surface area contributed by atoms with Crippen molar-refractivity contribution in [2.45, 2.75) is 0 Å². The lowest BCUT2D eigenvalue weighted by Crippen LogP contribution is -1.95. The summed E-state index contributed by atoms with van der Waals surface area (Å²) < 4.78 is 0. The van der Waals surface area contributed by atoms with Gasteiger partial charge in [0.05, 0.1) is 21.9 Å². The lowest BCUT2D eigenvalue weighted by Gasteiger charge is -2.11. The summed E-state index contributed by atoms with van der Waals surface area (Å²) >= 11 is 6.15. The van der Waals surface area contributed by atoms with Gasteiger partial charge in [-0.25, -0.2) is 0 Å². The molecular weight excluding hydrogens is 258 g/mol. The first kappa shape index (κ1) is 11.8. The predicted octanol–water partition coefficient (Wildman–Crippen LogP) is 4.21. The topological polar surface area (TPSA) is 50.9 Å². The molecule has 3 rings (SSSR count). The molecule has 0 saturated carbocycles. The van der Waals surface area contributed by atoms with Crippen molar-refractivity contribution in [1.82, 2.24) is 4.98 Å². The van der Waals surface area contributed by atoms with Crippen molar-refractivity contribution in [3.8, 4) is 0 Å². The maximum atomic E-state index is 6.15. The van der Waals surface area contributed by atoms with E-state index >= 15 is 0 Å². The molecule has 0 bridgehead atoms. The summed E-state index contributed by atoms with van der Waals surface area (Å²) in [5.74, 6) is 0. The lowest BCUT2D eigenvalue weighted by molar-refractivity contribution is 1.40. The Morgan fingerprint density at radius 3 is 2.63 bits per heavy atom. The van der Waals surface area contributed by atoms with Crippen LogP contribution in [0.3, 0.4) is 0 Å². The van der Waals surface area contributed by atoms with Crippen molar-refractivity contribution in [2.75, 3.05) is 11.1 Å². The van der Waals surface area contributed by atoms with Crippen molar-refractivity contribution in [1.29, 1.82) is 0 Å². The summed E-state index contributed by atoms with van der Waals surface area (Å²) in [6, 6.07) is 15.3. The highest BCUT2D eigenvalue weighted by Gasteiger charge is 2.06. The molecule has 0 aliphatic heterocycles. The van der Waals surface area contributed by atoms with Crippen molar-refractivity contribution in [3.63, 3.8) is 0 Å². The maximum absolute atomic E-state index is 6.15. The van der Waals surface area contributed by atoms with Gasteiger partial charge in [0.15, 0.2) is 0 Å². The number of nitrogens with two attached hydrogens (primary N) is 1. The van der Waals surface area contributed by atoms with Crippen LogP contribution in [0.4, 0.5) is 17.1 Å². The molecule has 3 N–H and O–H groups in total. The van der Waals surface area contributed by atoms with Crippen LogP contribution in [0.5, 0.6) is 0 Å². The Labute approximate surface area is 116 Å². The molecule has 19 heavy (non-hydrogen) atoms. The number of nitrogens with zero attached hydrogens (tertiary/aromatic N) is 1. The number of nitrogens with one attached hydrogen (secondary N) is 1. The van der Waals surface area contributed by atoms with Crippen LogP contribution in [0.2, 0.25) is 5.02 Å². The molecule has 4 heteroatoms. The zero-order valence-corrected chi connectivity index (χ0v) is 10.9. The minimum Gasteiger partial charge on any atom is -0.397 e. The predicted molar refractivity (Wildman–Crippen MR) is 80.9 cm³/mol. The summed E-state index contributed by atoms with van der Waals surface area (Å²) in [6.45, 7) is 0. The van der Waals surface area contributed by atoms with Crippen molar-refractivity contribution >= 4 is 39.6 Å². The highest BCUT2D eigenvalue weighted by molar-refractivity contribution is 6.33. The zero-order chi connectivity index (χ0) is 13.2. The van der Waals surface area contributed by atoms with E-state index in [2.05, 4.69) is 10.3 Å². The number of pyridine rings is 1. The smallest absolute Gasteiger partial charge is 0.0951 e. The lowest BCUT2D eigenvalue weighted by atomic mass is 10.1. The highest BCUT2D eigenvalue weighted by Crippen LogP contribution is 2.30. The van der Waals surface area contributed by atoms with Crippen molar-refractivity contribution in [3.05, 3.63) is 59.8 Å². The average molecular weight is 270 g/mol. The Morgan fingerprint density at radius 2 is 1.79 bits per heavy atom. The number of halogens is 1. The van der Waals surface area contributed by atoms with E-state index < -0.39 is 0 Å². The third-order valence-corrected chi connectivity index (χ3v) is 3.28. The van der Waals surface area contributed by atoms with Crippen LogP contribution in [-0.4, -0.2) is 4.98 Å². The molecule has 1 aromatic heterocycles. The van der Waals surface area contributed by atoms with Crippen LogP contribution in [0, 0.1) is 0 Å². The quantitative estimate of drug-likeness (QED) is 0.685. The number of nitrogen functional groups attached to an aromatic ring is 1. The van der Waals surface area contributed by atoms with E-state index in [4.69, 9.17) is 17.3 Å². The van der Waals surface area contributed by atoms with Gasteiger partial charge < -0.3 is 11.1 Å². The summed E-state index contributed by atoms with van der Waals surface area (Å²) in [7, 11) is 0. The second-order valence-corrected chi connectivity index (χ2v) is 4.61. The van der Waals surface area contributed by atoms with Crippen molar-refractivity contribution in [2.24, 2.45) is 0 Å². The Kier molecular flexibility index (Phi) is 2.97. The van der Waals surface area contributed by atoms with Gasteiger partial charge in [-0.05, 0) is 24.3 Å². The fourth-order valence-electron chi connectivity index (χ4n) is 2.02. The number of para-hydroxylation sites is 2. The number of fused-ring (bicyclic) bond motifs is 1. The minimum absolute atomic E-state index is 0.667. The fourth-order valence-corrected chi connectivity index (χ4v) is 2.20. The van der Waals surface area contributed by atoms with Crippen LogP contribution in [-0.2, 0) is 0 Å². The Balaban J connectivity index is 2.12. The molecule has 0 aliphatic rings. The van der Waals surface area contributed by atoms with Gasteiger partial charge in [0.25, 0.3) is 0 Å². The standard InChI is InChI=1S/C15H12ClN3/c16-11-5-1-2-7-14(11)19-13-8-9-18-15-10(13)4-3-6-12(15)17/h1-9H,17H2,(H,18,19). The number of benzene rings is 2. The first-order valence-corrected chi connectivity index (χ1v) is 6.28. The molecule has 0 aliphatic carbocycles. The van der Waals surface area contributed by atoms with Crippen LogP contribution in [0.1, 0.15) is 0 Å². The highest BCUT2D eigenvalue weighted by atomic mass is 35.5. The van der Waals surface area contributed by atoms with Crippen LogP contribution in [0.25, 0.3) is 10.9 Å². The molecule has 0 radical (unpaired) electrons. The molecule has 3 nitrogen and oxygen atoms in total. The molecule has 0 spiro atoms. The molecule has 0 amide bonds. The van der Waals surface area contributed by atoms with E-state index in [1.54, 1.807) is 6.20 Å². The summed E-state index contributed by atoms with van der Waals surface area (Å²) in [5, 5.41) is 4.97. The van der Waals surface area contributed by atoms with Gasteiger partial charge in [-0.2, -0.15) is 0 Å². The third-order valence-electron chi connectivity index (χ3n) is 2.95. The molecular formula is C15H12ClN3. The zero-order valence-electron chi connectivity index (χ0n) is 10.1. The SMILES string of the molecule is Nc1cccc2c(Nc3ccccc3Cl)ccnc12. The Bertz CT molecular complexity index is 740. The molecule has 0 saturated heterocycles. The van der Waals surface area contributed by atoms with Crippen LogP contribution >= 0.6 is 11.6 Å². The van der Waals surface area contributed by atoms with Crippen LogP contribution in [0.15, 0.2) is 54.7 Å². The van der Waals surface area contributed by atoms with Gasteiger partial charge in [0.1, 0.15) is 0 Å². The second kappa shape index (κ2) is 4.78. The van der Waals surface area contributed by atoms with E-state index in [0.717, 1.165) is 22.3 Å². The first-order chi connectivity index (χ1) is 9.25. The van der Waals surface area contributed by atoms with E-state index in [1.165, 1.54) is 0 Å². The number of anilines is 3. The van der Waals surface area contributed by atoms with Crippen LogP contribution < -0.4 is 11.1 Å². The largest absolute Gasteiger partial charge is 0.397 e. The summed E-state index contributed by atoms with van der Waals surface area (Å²) in [4.78, 5) is 4.31. The van der Waals surface area contributed by atoms with Gasteiger partial charge in [0, 0.05) is 17.3 Å². The third kappa shape index (κ3) is 2.20. The molecule has 3 aromatic rings. The number of rotatable bonds is 2. The van der Waals surface area contributed by atoms with E-state index in [9.17, 15) is 0 Å². The molecule has 0 unspecified atom stereocenters. The molecule has 94 valence electrons. The second-order valence-electron chi connectivity index (χ2n) is 4.21. The Morgan fingerprint density at radius 1 is 0.947 bits per heavy atom. The number of aromatic nitrogens is 1. The van der Waals surface area contributed by atoms with Gasteiger partial charge >= 0.3 is 0 Å². The molecule has 1 heterocycles. The number of hydrogen-bond donors (Lipinski definition) is 2. The minimum atomic E-state index is 0.667. The molecule has 2 aromatic carbocycles. The average Bonchev–Trinajstić information content (AvgIpc) is 2.42. The first-order valence-electron chi connectivity index (χ1n) is 5.90. The monoisotopic (exact) mass is 269 g/mol. The van der Waals surface area contributed by atoms with Gasteiger partial charge in [-0.15, -0.1) is 0 Å². The molecule has 0 fully saturated rings. The van der Waals surface area contributed by atoms with Gasteiger partial charge in [-0.1, -0.05) is 35.9 Å². The fraction of sp³-hybridized carbons (Fsp3) is 0. The number of hydrogen-bond acceptors (Lipinski definition) is 3.